The monoisotopic (exact) mass is 356 g/mol. The molecule has 0 aromatic carbocycles. The van der Waals surface area contributed by atoms with Crippen LogP contribution in [0.25, 0.3) is 0 Å². The van der Waals surface area contributed by atoms with Gasteiger partial charge in [0.05, 0.1) is 12.7 Å². The lowest BCUT2D eigenvalue weighted by molar-refractivity contribution is 0.0601. The molecule has 0 amide bonds. The van der Waals surface area contributed by atoms with Crippen LogP contribution in [0.4, 0.5) is 5.00 Å². The summed E-state index contributed by atoms with van der Waals surface area (Å²) in [5.74, 6) is 0.361. The van der Waals surface area contributed by atoms with E-state index >= 15 is 0 Å². The molecule has 0 bridgehead atoms. The van der Waals surface area contributed by atoms with Gasteiger partial charge in [0.15, 0.2) is 5.11 Å². The number of nitrogens with one attached hydrogen (secondary N) is 2. The third-order valence-electron chi connectivity index (χ3n) is 3.94. The molecule has 2 N–H and O–H groups in total. The van der Waals surface area contributed by atoms with Crippen LogP contribution in [0.15, 0.2) is 0 Å². The van der Waals surface area contributed by atoms with E-state index in [0.717, 1.165) is 42.8 Å². The van der Waals surface area contributed by atoms with E-state index in [1.165, 1.54) is 12.0 Å². The van der Waals surface area contributed by atoms with E-state index in [9.17, 15) is 4.79 Å². The third-order valence-corrected chi connectivity index (χ3v) is 5.36. The fourth-order valence-corrected chi connectivity index (χ4v) is 4.39. The number of ether oxygens (including phenoxy) is 2. The van der Waals surface area contributed by atoms with Crippen molar-refractivity contribution in [2.24, 2.45) is 5.92 Å². The Bertz CT molecular complexity index is 572. The Morgan fingerprint density at radius 3 is 2.91 bits per heavy atom. The Labute approximate surface area is 146 Å². The van der Waals surface area contributed by atoms with Gasteiger partial charge in [-0.2, -0.15) is 0 Å². The molecule has 5 nitrogen and oxygen atoms in total. The van der Waals surface area contributed by atoms with Gasteiger partial charge >= 0.3 is 5.97 Å². The summed E-state index contributed by atoms with van der Waals surface area (Å²) >= 11 is 6.94. The molecule has 1 unspecified atom stereocenters. The highest BCUT2D eigenvalue weighted by atomic mass is 32.1. The summed E-state index contributed by atoms with van der Waals surface area (Å²) in [7, 11) is 3.10. The number of methoxy groups -OCH3 is 2. The predicted molar refractivity (Wildman–Crippen MR) is 97.6 cm³/mol. The first-order chi connectivity index (χ1) is 11.1. The molecule has 0 radical (unpaired) electrons. The molecule has 128 valence electrons. The number of hydrogen-bond acceptors (Lipinski definition) is 5. The van der Waals surface area contributed by atoms with Crippen molar-refractivity contribution in [3.05, 3.63) is 16.0 Å². The third kappa shape index (κ3) is 4.65. The number of fused-ring (bicyclic) bond motifs is 1. The van der Waals surface area contributed by atoms with Crippen molar-refractivity contribution in [3.8, 4) is 0 Å². The zero-order valence-electron chi connectivity index (χ0n) is 13.9. The molecule has 2 rings (SSSR count). The minimum Gasteiger partial charge on any atom is -0.465 e. The van der Waals surface area contributed by atoms with Crippen molar-refractivity contribution >= 4 is 39.6 Å². The Kier molecular flexibility index (Phi) is 6.80. The Morgan fingerprint density at radius 1 is 1.43 bits per heavy atom. The van der Waals surface area contributed by atoms with Crippen LogP contribution in [0.5, 0.6) is 0 Å². The zero-order chi connectivity index (χ0) is 16.8. The molecule has 7 heteroatoms. The van der Waals surface area contributed by atoms with Crippen molar-refractivity contribution in [2.45, 2.75) is 32.6 Å². The van der Waals surface area contributed by atoms with Crippen molar-refractivity contribution in [1.82, 2.24) is 5.32 Å². The summed E-state index contributed by atoms with van der Waals surface area (Å²) in [4.78, 5) is 13.5. The van der Waals surface area contributed by atoms with Gasteiger partial charge in [-0.25, -0.2) is 4.79 Å². The predicted octanol–water partition coefficient (Wildman–Crippen LogP) is 2.98. The van der Waals surface area contributed by atoms with Crippen molar-refractivity contribution in [2.75, 3.05) is 32.7 Å². The van der Waals surface area contributed by atoms with Crippen molar-refractivity contribution < 1.29 is 14.3 Å². The van der Waals surface area contributed by atoms with Gasteiger partial charge in [-0.15, -0.1) is 11.3 Å². The lowest BCUT2D eigenvalue weighted by Crippen LogP contribution is -2.30. The Balaban J connectivity index is 2.11. The summed E-state index contributed by atoms with van der Waals surface area (Å²) in [5, 5.41) is 7.62. The smallest absolute Gasteiger partial charge is 0.341 e. The van der Waals surface area contributed by atoms with Gasteiger partial charge in [0.25, 0.3) is 0 Å². The van der Waals surface area contributed by atoms with Crippen LogP contribution >= 0.6 is 23.6 Å². The first kappa shape index (κ1) is 18.2. The molecule has 0 saturated heterocycles. The summed E-state index contributed by atoms with van der Waals surface area (Å²) < 4.78 is 9.98. The van der Waals surface area contributed by atoms with Crippen LogP contribution in [-0.4, -0.2) is 38.5 Å². The Hall–Kier alpha value is -1.18. The normalized spacial score (nSPS) is 16.6. The number of rotatable bonds is 6. The number of anilines is 1. The molecule has 0 fully saturated rings. The number of carbonyl (C=O) groups is 1. The molecule has 1 aromatic heterocycles. The number of hydrogen-bond donors (Lipinski definition) is 2. The quantitative estimate of drug-likeness (QED) is 0.464. The molecule has 0 saturated carbocycles. The number of thiophene rings is 1. The summed E-state index contributed by atoms with van der Waals surface area (Å²) in [5.41, 5.74) is 1.78. The van der Waals surface area contributed by atoms with Crippen molar-refractivity contribution in [1.29, 1.82) is 0 Å². The molecule has 23 heavy (non-hydrogen) atoms. The number of esters is 1. The molecule has 0 spiro atoms. The summed E-state index contributed by atoms with van der Waals surface area (Å²) in [6, 6.07) is 0. The van der Waals surface area contributed by atoms with E-state index in [1.54, 1.807) is 18.4 Å². The second-order valence-electron chi connectivity index (χ2n) is 5.77. The highest BCUT2D eigenvalue weighted by molar-refractivity contribution is 7.80. The molecule has 0 aliphatic heterocycles. The van der Waals surface area contributed by atoms with Gasteiger partial charge in [-0.05, 0) is 49.4 Å². The molecular formula is C16H24N2O3S2. The van der Waals surface area contributed by atoms with Gasteiger partial charge in [0.1, 0.15) is 5.00 Å². The molecule has 1 aliphatic carbocycles. The van der Waals surface area contributed by atoms with E-state index < -0.39 is 0 Å². The molecular weight excluding hydrogens is 332 g/mol. The second-order valence-corrected chi connectivity index (χ2v) is 7.29. The van der Waals surface area contributed by atoms with Gasteiger partial charge in [0.2, 0.25) is 0 Å². The van der Waals surface area contributed by atoms with Gasteiger partial charge in [-0.3, -0.25) is 0 Å². The second kappa shape index (κ2) is 8.61. The van der Waals surface area contributed by atoms with Crippen LogP contribution in [0.3, 0.4) is 0 Å². The highest BCUT2D eigenvalue weighted by Gasteiger charge is 2.28. The van der Waals surface area contributed by atoms with Crippen molar-refractivity contribution in [3.63, 3.8) is 0 Å². The average Bonchev–Trinajstić information content (AvgIpc) is 2.87. The van der Waals surface area contributed by atoms with Gasteiger partial charge < -0.3 is 20.1 Å². The largest absolute Gasteiger partial charge is 0.465 e. The van der Waals surface area contributed by atoms with E-state index in [0.29, 0.717) is 23.2 Å². The first-order valence-electron chi connectivity index (χ1n) is 7.83. The zero-order valence-corrected chi connectivity index (χ0v) is 15.5. The van der Waals surface area contributed by atoms with Crippen LogP contribution in [0.1, 0.15) is 40.6 Å². The topological polar surface area (TPSA) is 59.6 Å². The fraction of sp³-hybridized carbons (Fsp3) is 0.625. The average molecular weight is 357 g/mol. The first-order valence-corrected chi connectivity index (χ1v) is 9.06. The maximum atomic E-state index is 12.2. The SMILES string of the molecule is COCCCNC(=S)Nc1sc2c(c1C(=O)OC)CCC(C)C2. The maximum absolute atomic E-state index is 12.2. The van der Waals surface area contributed by atoms with E-state index in [2.05, 4.69) is 17.6 Å². The minimum atomic E-state index is -0.290. The highest BCUT2D eigenvalue weighted by Crippen LogP contribution is 2.39. The van der Waals surface area contributed by atoms with E-state index in [-0.39, 0.29) is 5.97 Å². The van der Waals surface area contributed by atoms with Crippen LogP contribution in [0, 0.1) is 5.92 Å². The van der Waals surface area contributed by atoms with E-state index in [1.807, 2.05) is 0 Å². The molecule has 1 aliphatic rings. The van der Waals surface area contributed by atoms with Crippen LogP contribution in [-0.2, 0) is 22.3 Å². The van der Waals surface area contributed by atoms with Gasteiger partial charge in [-0.1, -0.05) is 6.92 Å². The van der Waals surface area contributed by atoms with E-state index in [4.69, 9.17) is 21.7 Å². The Morgan fingerprint density at radius 2 is 2.22 bits per heavy atom. The lowest BCUT2D eigenvalue weighted by Gasteiger charge is -2.18. The molecule has 1 atom stereocenters. The number of thiocarbonyl (C=S) groups is 1. The maximum Gasteiger partial charge on any atom is 0.341 e. The molecule has 1 aromatic rings. The number of carbonyl (C=O) groups excluding carboxylic acids is 1. The van der Waals surface area contributed by atoms with Gasteiger partial charge in [0, 0.05) is 25.1 Å². The standard InChI is InChI=1S/C16H24N2O3S2/c1-10-5-6-11-12(9-10)23-14(13(11)15(19)21-3)18-16(22)17-7-4-8-20-2/h10H,4-9H2,1-3H3,(H2,17,18,22). The fourth-order valence-electron chi connectivity index (χ4n) is 2.72. The van der Waals surface area contributed by atoms with Crippen LogP contribution in [0.2, 0.25) is 0 Å². The summed E-state index contributed by atoms with van der Waals surface area (Å²) in [6.45, 7) is 3.67. The summed E-state index contributed by atoms with van der Waals surface area (Å²) in [6.07, 6.45) is 3.92. The lowest BCUT2D eigenvalue weighted by atomic mass is 9.88. The van der Waals surface area contributed by atoms with Crippen LogP contribution < -0.4 is 10.6 Å². The molecule has 1 heterocycles. The minimum absolute atomic E-state index is 0.290.